The Morgan fingerprint density at radius 2 is 0.486 bits per heavy atom. The van der Waals surface area contributed by atoms with Gasteiger partial charge in [-0.05, 0) is 38.8 Å². The van der Waals surface area contributed by atoms with Crippen molar-refractivity contribution in [3.05, 3.63) is 0 Å². The minimum Gasteiger partial charge on any atom is -1.00 e. The molecule has 0 spiro atoms. The molecule has 0 amide bonds. The average molecular weight is 1190 g/mol. The van der Waals surface area contributed by atoms with Crippen molar-refractivity contribution in [3.8, 4) is 0 Å². The molecule has 2 atom stereocenters. The number of hydrogen-bond acceptors (Lipinski definition) is 6. The van der Waals surface area contributed by atoms with E-state index in [4.69, 9.17) is 30.4 Å². The highest BCUT2D eigenvalue weighted by Gasteiger charge is 2.24. The smallest absolute Gasteiger partial charge is 0.130 e. The third-order valence-electron chi connectivity index (χ3n) is 14.9. The summed E-state index contributed by atoms with van der Waals surface area (Å²) in [4.78, 5) is 0. The summed E-state index contributed by atoms with van der Waals surface area (Å²) in [5.74, 6) is 0. The van der Waals surface area contributed by atoms with Gasteiger partial charge < -0.3 is 73.3 Å². The highest BCUT2D eigenvalue weighted by atomic mass is 79.9. The van der Waals surface area contributed by atoms with Crippen molar-refractivity contribution in [3.63, 3.8) is 0 Å². The molecule has 0 aromatic heterocycles. The average Bonchev–Trinajstić information content (AvgIpc) is 3.36. The number of nitrogens with two attached hydrogens (primary N) is 2. The zero-order valence-corrected chi connectivity index (χ0v) is 54.9. The van der Waals surface area contributed by atoms with E-state index in [1.807, 2.05) is 0 Å². The first-order valence-electron chi connectivity index (χ1n) is 32.5. The molecule has 0 aromatic carbocycles. The van der Waals surface area contributed by atoms with E-state index in [9.17, 15) is 0 Å². The molecule has 0 aliphatic rings. The van der Waals surface area contributed by atoms with Crippen molar-refractivity contribution in [2.45, 2.75) is 310 Å². The topological polar surface area (TPSA) is 89.0 Å². The number of quaternary nitrogens is 2. The molecule has 0 aliphatic carbocycles. The van der Waals surface area contributed by atoms with Crippen LogP contribution in [0.15, 0.2) is 0 Å². The first kappa shape index (κ1) is 81.1. The molecule has 74 heavy (non-hydrogen) atoms. The first-order valence-corrected chi connectivity index (χ1v) is 32.5. The Labute approximate surface area is 487 Å². The van der Waals surface area contributed by atoms with Crippen molar-refractivity contribution < 1.29 is 61.9 Å². The predicted octanol–water partition coefficient (Wildman–Crippen LogP) is 11.3. The molecule has 2 unspecified atom stereocenters. The van der Waals surface area contributed by atoms with E-state index in [1.54, 1.807) is 0 Å². The molecule has 4 N–H and O–H groups in total. The summed E-state index contributed by atoms with van der Waals surface area (Å²) < 4.78 is 26.9. The summed E-state index contributed by atoms with van der Waals surface area (Å²) in [6.45, 7) is 19.9. The third-order valence-corrected chi connectivity index (χ3v) is 14.9. The van der Waals surface area contributed by atoms with Gasteiger partial charge in [-0.3, -0.25) is 0 Å². The highest BCUT2D eigenvalue weighted by molar-refractivity contribution is 4.60. The molecule has 0 heterocycles. The standard InChI is InChI=1S/2C32H69N2O2.2BrH/c2*1-5-7-9-11-13-15-17-19-21-23-28-35-31-32(30-34(3,4)27-25-26-33)36-29-24-22-20-18-16-14-12-10-8-6-2;;/h2*32H,5-31,33H2,1-4H3;2*1H/q2*+1;;/p-2. The van der Waals surface area contributed by atoms with E-state index in [0.29, 0.717) is 0 Å². The predicted molar refractivity (Wildman–Crippen MR) is 320 cm³/mol. The largest absolute Gasteiger partial charge is 1.00 e. The molecule has 8 nitrogen and oxygen atoms in total. The van der Waals surface area contributed by atoms with Crippen LogP contribution in [0.4, 0.5) is 0 Å². The number of rotatable bonds is 60. The summed E-state index contributed by atoms with van der Waals surface area (Å²) in [5.41, 5.74) is 11.5. The van der Waals surface area contributed by atoms with Crippen LogP contribution in [-0.2, 0) is 18.9 Å². The van der Waals surface area contributed by atoms with Gasteiger partial charge in [-0.1, -0.05) is 259 Å². The van der Waals surface area contributed by atoms with Gasteiger partial charge in [-0.2, -0.15) is 0 Å². The van der Waals surface area contributed by atoms with Gasteiger partial charge in [0.1, 0.15) is 25.3 Å². The second kappa shape index (κ2) is 66.2. The molecule has 10 heteroatoms. The second-order valence-electron chi connectivity index (χ2n) is 23.8. The number of unbranched alkanes of at least 4 members (excludes halogenated alkanes) is 36. The van der Waals surface area contributed by atoms with E-state index in [-0.39, 0.29) is 46.2 Å². The molecule has 0 aliphatic heterocycles. The van der Waals surface area contributed by atoms with Crippen molar-refractivity contribution >= 4 is 0 Å². The van der Waals surface area contributed by atoms with Crippen LogP contribution >= 0.6 is 0 Å². The van der Waals surface area contributed by atoms with Gasteiger partial charge >= 0.3 is 0 Å². The van der Waals surface area contributed by atoms with Gasteiger partial charge in [0, 0.05) is 39.3 Å². The van der Waals surface area contributed by atoms with Gasteiger partial charge in [0.2, 0.25) is 0 Å². The Balaban J connectivity index is -0.000000645. The molecule has 452 valence electrons. The number of likely N-dealkylation sites (N-methyl/N-ethyl adjacent to an activating group) is 2. The Bertz CT molecular complexity index is 923. The summed E-state index contributed by atoms with van der Waals surface area (Å²) in [7, 11) is 9.20. The van der Waals surface area contributed by atoms with Crippen LogP contribution in [0.3, 0.4) is 0 Å². The fourth-order valence-electron chi connectivity index (χ4n) is 10.1. The minimum atomic E-state index is 0. The molecule has 0 bridgehead atoms. The first-order chi connectivity index (χ1) is 35.1. The normalized spacial score (nSPS) is 12.6. The number of nitrogens with zero attached hydrogens (tertiary/aromatic N) is 2. The lowest BCUT2D eigenvalue weighted by Gasteiger charge is -2.33. The van der Waals surface area contributed by atoms with Crippen LogP contribution < -0.4 is 45.4 Å². The Morgan fingerprint density at radius 3 is 0.703 bits per heavy atom. The Morgan fingerprint density at radius 1 is 0.284 bits per heavy atom. The molecule has 0 saturated carbocycles. The molecule has 0 aromatic rings. The number of ether oxygens (including phenoxy) is 4. The quantitative estimate of drug-likeness (QED) is 0.0466. The lowest BCUT2D eigenvalue weighted by atomic mass is 10.1. The lowest BCUT2D eigenvalue weighted by Crippen LogP contribution is -3.00. The van der Waals surface area contributed by atoms with Crippen molar-refractivity contribution in [1.29, 1.82) is 0 Å². The number of halogens is 2. The van der Waals surface area contributed by atoms with E-state index in [0.717, 1.165) is 101 Å². The summed E-state index contributed by atoms with van der Waals surface area (Å²) >= 11 is 0. The minimum absolute atomic E-state index is 0. The summed E-state index contributed by atoms with van der Waals surface area (Å²) in [5, 5.41) is 0. The molecule has 0 saturated heterocycles. The molecule has 0 fully saturated rings. The zero-order chi connectivity index (χ0) is 53.2. The van der Waals surface area contributed by atoms with E-state index in [1.165, 1.54) is 257 Å². The number of hydrogen-bond donors (Lipinski definition) is 2. The molecule has 0 radical (unpaired) electrons. The molecular weight excluding hydrogens is 1050 g/mol. The SMILES string of the molecule is CCCCCCCCCCCCOCC(C[N+](C)(C)CCCN)OCCCCCCCCCCCC.CCCCCCCCCCCCOCC(C[N+](C)(C)CCCN)OCCCCCCCCCCCC.[Br-].[Br-]. The molecule has 0 rings (SSSR count). The van der Waals surface area contributed by atoms with Crippen molar-refractivity contribution in [1.82, 2.24) is 0 Å². The lowest BCUT2D eigenvalue weighted by molar-refractivity contribution is -0.893. The van der Waals surface area contributed by atoms with Gasteiger partial charge in [0.25, 0.3) is 0 Å². The monoisotopic (exact) mass is 1180 g/mol. The van der Waals surface area contributed by atoms with E-state index in [2.05, 4.69) is 55.9 Å². The Kier molecular flexibility index (Phi) is 72.5. The zero-order valence-electron chi connectivity index (χ0n) is 51.8. The second-order valence-corrected chi connectivity index (χ2v) is 23.8. The maximum Gasteiger partial charge on any atom is 0.130 e. The van der Waals surface area contributed by atoms with Gasteiger partial charge in [-0.15, -0.1) is 0 Å². The third kappa shape index (κ3) is 66.9. The van der Waals surface area contributed by atoms with Crippen LogP contribution in [0, 0.1) is 0 Å². The maximum absolute atomic E-state index is 6.36. The summed E-state index contributed by atoms with van der Waals surface area (Å²) in [6.07, 6.45) is 57.2. The fraction of sp³-hybridized carbons (Fsp3) is 1.00. The van der Waals surface area contributed by atoms with Gasteiger partial charge in [-0.25, -0.2) is 0 Å². The van der Waals surface area contributed by atoms with E-state index >= 15 is 0 Å². The Hall–Kier alpha value is 0.640. The van der Waals surface area contributed by atoms with E-state index < -0.39 is 0 Å². The van der Waals surface area contributed by atoms with Gasteiger partial charge in [0.15, 0.2) is 0 Å². The maximum atomic E-state index is 6.36. The van der Waals surface area contributed by atoms with Gasteiger partial charge in [0.05, 0.1) is 54.5 Å². The van der Waals surface area contributed by atoms with Crippen LogP contribution in [0.5, 0.6) is 0 Å². The molecular formula is C64H138Br2N4O4. The van der Waals surface area contributed by atoms with Crippen LogP contribution in [0.1, 0.15) is 297 Å². The summed E-state index contributed by atoms with van der Waals surface area (Å²) in [6, 6.07) is 0. The van der Waals surface area contributed by atoms with Crippen LogP contribution in [0.2, 0.25) is 0 Å². The van der Waals surface area contributed by atoms with Crippen LogP contribution in [0.25, 0.3) is 0 Å². The van der Waals surface area contributed by atoms with Crippen molar-refractivity contribution in [2.75, 3.05) is 107 Å². The van der Waals surface area contributed by atoms with Crippen molar-refractivity contribution in [2.24, 2.45) is 11.5 Å². The fourth-order valence-corrected chi connectivity index (χ4v) is 10.1. The highest BCUT2D eigenvalue weighted by Crippen LogP contribution is 2.16. The van der Waals surface area contributed by atoms with Crippen LogP contribution in [-0.4, -0.2) is 128 Å².